The zero-order valence-electron chi connectivity index (χ0n) is 10.1. The van der Waals surface area contributed by atoms with Gasteiger partial charge in [-0.25, -0.2) is 4.39 Å². The highest BCUT2D eigenvalue weighted by Crippen LogP contribution is 2.20. The van der Waals surface area contributed by atoms with Gasteiger partial charge in [-0.15, -0.1) is 0 Å². The molecule has 2 rings (SSSR count). The van der Waals surface area contributed by atoms with Gasteiger partial charge in [-0.1, -0.05) is 6.58 Å². The fourth-order valence-electron chi connectivity index (χ4n) is 1.58. The van der Waals surface area contributed by atoms with Gasteiger partial charge in [-0.05, 0) is 49.1 Å². The van der Waals surface area contributed by atoms with Crippen molar-refractivity contribution in [2.24, 2.45) is 0 Å². The number of ether oxygens (including phenoxy) is 1. The molecule has 0 heterocycles. The van der Waals surface area contributed by atoms with Crippen LogP contribution in [0.25, 0.3) is 0 Å². The van der Waals surface area contributed by atoms with Crippen LogP contribution in [0.4, 0.5) is 4.39 Å². The highest BCUT2D eigenvalue weighted by atomic mass is 19.1. The SMILES string of the molecule is C=C(CNC1CC1)COc1ccc(F)cc1C. The summed E-state index contributed by atoms with van der Waals surface area (Å²) >= 11 is 0. The predicted octanol–water partition coefficient (Wildman–Crippen LogP) is 2.82. The molecule has 0 bridgehead atoms. The summed E-state index contributed by atoms with van der Waals surface area (Å²) in [5.74, 6) is 0.489. The smallest absolute Gasteiger partial charge is 0.123 e. The minimum atomic E-state index is -0.232. The van der Waals surface area contributed by atoms with E-state index in [1.165, 1.54) is 25.0 Å². The summed E-state index contributed by atoms with van der Waals surface area (Å²) in [6.45, 7) is 7.07. The Morgan fingerprint density at radius 1 is 1.53 bits per heavy atom. The van der Waals surface area contributed by atoms with Gasteiger partial charge < -0.3 is 10.1 Å². The molecule has 0 spiro atoms. The van der Waals surface area contributed by atoms with Crippen LogP contribution in [0.1, 0.15) is 18.4 Å². The maximum Gasteiger partial charge on any atom is 0.123 e. The summed E-state index contributed by atoms with van der Waals surface area (Å²) in [7, 11) is 0. The summed E-state index contributed by atoms with van der Waals surface area (Å²) in [5, 5.41) is 3.38. The molecule has 0 atom stereocenters. The molecule has 0 radical (unpaired) electrons. The van der Waals surface area contributed by atoms with Crippen molar-refractivity contribution in [1.29, 1.82) is 0 Å². The van der Waals surface area contributed by atoms with E-state index < -0.39 is 0 Å². The number of rotatable bonds is 6. The summed E-state index contributed by atoms with van der Waals surface area (Å²) in [6.07, 6.45) is 2.54. The van der Waals surface area contributed by atoms with Crippen molar-refractivity contribution in [3.05, 3.63) is 41.7 Å². The Labute approximate surface area is 101 Å². The van der Waals surface area contributed by atoms with Gasteiger partial charge in [0, 0.05) is 12.6 Å². The van der Waals surface area contributed by atoms with Crippen LogP contribution < -0.4 is 10.1 Å². The molecule has 1 aromatic rings. The first-order chi connectivity index (χ1) is 8.15. The van der Waals surface area contributed by atoms with Crippen molar-refractivity contribution in [2.45, 2.75) is 25.8 Å². The third-order valence-corrected chi connectivity index (χ3v) is 2.79. The van der Waals surface area contributed by atoms with Crippen molar-refractivity contribution in [3.8, 4) is 5.75 Å². The monoisotopic (exact) mass is 235 g/mol. The molecule has 1 aliphatic rings. The van der Waals surface area contributed by atoms with E-state index in [9.17, 15) is 4.39 Å². The van der Waals surface area contributed by atoms with E-state index in [0.717, 1.165) is 23.4 Å². The van der Waals surface area contributed by atoms with E-state index >= 15 is 0 Å². The second-order valence-electron chi connectivity index (χ2n) is 4.60. The minimum Gasteiger partial charge on any atom is -0.489 e. The van der Waals surface area contributed by atoms with Crippen LogP contribution in [-0.2, 0) is 0 Å². The molecule has 92 valence electrons. The standard InChI is InChI=1S/C14H18FNO/c1-10(8-16-13-4-5-13)9-17-14-6-3-12(15)7-11(14)2/h3,6-7,13,16H,1,4-5,8-9H2,2H3. The highest BCUT2D eigenvalue weighted by Gasteiger charge is 2.20. The van der Waals surface area contributed by atoms with Gasteiger partial charge in [0.25, 0.3) is 0 Å². The van der Waals surface area contributed by atoms with Gasteiger partial charge in [0.15, 0.2) is 0 Å². The molecule has 3 heteroatoms. The minimum absolute atomic E-state index is 0.232. The number of halogens is 1. The van der Waals surface area contributed by atoms with Gasteiger partial charge in [-0.2, -0.15) is 0 Å². The molecule has 17 heavy (non-hydrogen) atoms. The quantitative estimate of drug-likeness (QED) is 0.765. The van der Waals surface area contributed by atoms with Gasteiger partial charge in [0.1, 0.15) is 18.2 Å². The predicted molar refractivity (Wildman–Crippen MR) is 66.8 cm³/mol. The molecule has 2 nitrogen and oxygen atoms in total. The molecule has 1 saturated carbocycles. The van der Waals surface area contributed by atoms with Gasteiger partial charge >= 0.3 is 0 Å². The van der Waals surface area contributed by atoms with E-state index in [0.29, 0.717) is 12.6 Å². The third kappa shape index (κ3) is 3.86. The number of hydrogen-bond donors (Lipinski definition) is 1. The van der Waals surface area contributed by atoms with E-state index in [1.54, 1.807) is 6.07 Å². The van der Waals surface area contributed by atoms with Crippen molar-refractivity contribution >= 4 is 0 Å². The lowest BCUT2D eigenvalue weighted by atomic mass is 10.2. The van der Waals surface area contributed by atoms with Crippen LogP contribution in [-0.4, -0.2) is 19.2 Å². The number of aryl methyl sites for hydroxylation is 1. The van der Waals surface area contributed by atoms with Crippen molar-refractivity contribution in [2.75, 3.05) is 13.2 Å². The average Bonchev–Trinajstić information content (AvgIpc) is 3.09. The molecule has 0 amide bonds. The lowest BCUT2D eigenvalue weighted by molar-refractivity contribution is 0.345. The second kappa shape index (κ2) is 5.32. The fourth-order valence-corrected chi connectivity index (χ4v) is 1.58. The maximum absolute atomic E-state index is 12.9. The molecule has 0 unspecified atom stereocenters. The molecular weight excluding hydrogens is 217 g/mol. The topological polar surface area (TPSA) is 21.3 Å². The number of nitrogens with one attached hydrogen (secondary N) is 1. The van der Waals surface area contributed by atoms with Crippen LogP contribution in [0.15, 0.2) is 30.4 Å². The van der Waals surface area contributed by atoms with Crippen LogP contribution in [0, 0.1) is 12.7 Å². The van der Waals surface area contributed by atoms with Crippen LogP contribution >= 0.6 is 0 Å². The van der Waals surface area contributed by atoms with Gasteiger partial charge in [0.05, 0.1) is 0 Å². The summed E-state index contributed by atoms with van der Waals surface area (Å²) in [5.41, 5.74) is 1.83. The molecule has 0 aromatic heterocycles. The number of benzene rings is 1. The van der Waals surface area contributed by atoms with E-state index in [4.69, 9.17) is 4.74 Å². The fraction of sp³-hybridized carbons (Fsp3) is 0.429. The van der Waals surface area contributed by atoms with E-state index in [1.807, 2.05) is 6.92 Å². The summed E-state index contributed by atoms with van der Waals surface area (Å²) in [6, 6.07) is 5.22. The Bertz CT molecular complexity index is 413. The maximum atomic E-state index is 12.9. The van der Waals surface area contributed by atoms with Crippen LogP contribution in [0.5, 0.6) is 5.75 Å². The van der Waals surface area contributed by atoms with E-state index in [2.05, 4.69) is 11.9 Å². The molecular formula is C14H18FNO. The molecule has 1 N–H and O–H groups in total. The summed E-state index contributed by atoms with van der Waals surface area (Å²) in [4.78, 5) is 0. The van der Waals surface area contributed by atoms with Gasteiger partial charge in [-0.3, -0.25) is 0 Å². The first-order valence-corrected chi connectivity index (χ1v) is 5.94. The molecule has 1 fully saturated rings. The summed E-state index contributed by atoms with van der Waals surface area (Å²) < 4.78 is 18.5. The van der Waals surface area contributed by atoms with Crippen LogP contribution in [0.3, 0.4) is 0 Å². The van der Waals surface area contributed by atoms with E-state index in [-0.39, 0.29) is 5.82 Å². The molecule has 1 aromatic carbocycles. The third-order valence-electron chi connectivity index (χ3n) is 2.79. The lowest BCUT2D eigenvalue weighted by Crippen LogP contribution is -2.21. The molecule has 1 aliphatic carbocycles. The zero-order chi connectivity index (χ0) is 12.3. The van der Waals surface area contributed by atoms with Gasteiger partial charge in [0.2, 0.25) is 0 Å². The van der Waals surface area contributed by atoms with Crippen LogP contribution in [0.2, 0.25) is 0 Å². The Morgan fingerprint density at radius 3 is 2.94 bits per heavy atom. The van der Waals surface area contributed by atoms with Crippen molar-refractivity contribution in [3.63, 3.8) is 0 Å². The Morgan fingerprint density at radius 2 is 2.29 bits per heavy atom. The second-order valence-corrected chi connectivity index (χ2v) is 4.60. The first-order valence-electron chi connectivity index (χ1n) is 5.94. The normalized spacial score (nSPS) is 14.7. The highest BCUT2D eigenvalue weighted by molar-refractivity contribution is 5.32. The molecule has 0 aliphatic heterocycles. The average molecular weight is 235 g/mol. The van der Waals surface area contributed by atoms with Crippen molar-refractivity contribution < 1.29 is 9.13 Å². The zero-order valence-corrected chi connectivity index (χ0v) is 10.1. The number of hydrogen-bond acceptors (Lipinski definition) is 2. The Kier molecular flexibility index (Phi) is 3.79. The first kappa shape index (κ1) is 12.1. The van der Waals surface area contributed by atoms with Crippen molar-refractivity contribution in [1.82, 2.24) is 5.32 Å². The molecule has 0 saturated heterocycles. The lowest BCUT2D eigenvalue weighted by Gasteiger charge is -2.11. The Balaban J connectivity index is 1.77. The largest absolute Gasteiger partial charge is 0.489 e. The Hall–Kier alpha value is -1.35.